The molecule has 0 aliphatic heterocycles. The highest BCUT2D eigenvalue weighted by Crippen LogP contribution is 2.17. The number of amides is 1. The highest BCUT2D eigenvalue weighted by molar-refractivity contribution is 6.05. The Kier molecular flexibility index (Phi) is 4.42. The summed E-state index contributed by atoms with van der Waals surface area (Å²) in [4.78, 5) is 16.6. The van der Waals surface area contributed by atoms with Crippen molar-refractivity contribution < 1.29 is 4.79 Å². The summed E-state index contributed by atoms with van der Waals surface area (Å²) in [6.07, 6.45) is 3.30. The van der Waals surface area contributed by atoms with Gasteiger partial charge in [0.05, 0.1) is 29.7 Å². The van der Waals surface area contributed by atoms with Crippen LogP contribution in [0.3, 0.4) is 0 Å². The topological polar surface area (TPSA) is 59.8 Å². The number of rotatable bonds is 4. The van der Waals surface area contributed by atoms with Crippen LogP contribution in [0.5, 0.6) is 0 Å². The van der Waals surface area contributed by atoms with Crippen LogP contribution in [0.15, 0.2) is 48.8 Å². The molecule has 0 spiro atoms. The summed E-state index contributed by atoms with van der Waals surface area (Å²) in [5.41, 5.74) is 5.25. The monoisotopic (exact) mass is 320 g/mol. The third-order valence-electron chi connectivity index (χ3n) is 3.98. The number of carbonyl (C=O) groups excluding carboxylic acids is 1. The average molecular weight is 320 g/mol. The molecular formula is C19H20N4O. The summed E-state index contributed by atoms with van der Waals surface area (Å²) in [5, 5.41) is 7.40. The van der Waals surface area contributed by atoms with Gasteiger partial charge in [-0.05, 0) is 38.5 Å². The first kappa shape index (κ1) is 15.9. The Hall–Kier alpha value is -2.95. The zero-order chi connectivity index (χ0) is 17.1. The van der Waals surface area contributed by atoms with E-state index in [-0.39, 0.29) is 5.91 Å². The maximum absolute atomic E-state index is 12.6. The van der Waals surface area contributed by atoms with Crippen molar-refractivity contribution in [3.8, 4) is 0 Å². The first-order valence-corrected chi connectivity index (χ1v) is 7.85. The van der Waals surface area contributed by atoms with Crippen LogP contribution in [0.1, 0.15) is 32.9 Å². The fourth-order valence-corrected chi connectivity index (χ4v) is 2.68. The Bertz CT molecular complexity index is 851. The highest BCUT2D eigenvalue weighted by Gasteiger charge is 2.19. The minimum Gasteiger partial charge on any atom is -0.320 e. The number of nitrogens with one attached hydrogen (secondary N) is 1. The number of pyridine rings is 1. The van der Waals surface area contributed by atoms with Gasteiger partial charge in [-0.15, -0.1) is 0 Å². The van der Waals surface area contributed by atoms with Crippen molar-refractivity contribution in [2.24, 2.45) is 0 Å². The van der Waals surface area contributed by atoms with Crippen LogP contribution in [0.2, 0.25) is 0 Å². The van der Waals surface area contributed by atoms with Gasteiger partial charge >= 0.3 is 0 Å². The van der Waals surface area contributed by atoms with Gasteiger partial charge < -0.3 is 5.32 Å². The lowest BCUT2D eigenvalue weighted by Crippen LogP contribution is -2.14. The van der Waals surface area contributed by atoms with Gasteiger partial charge in [-0.1, -0.05) is 29.8 Å². The van der Waals surface area contributed by atoms with E-state index in [2.05, 4.69) is 46.6 Å². The van der Waals surface area contributed by atoms with E-state index in [0.29, 0.717) is 17.8 Å². The number of anilines is 1. The van der Waals surface area contributed by atoms with Gasteiger partial charge in [0.1, 0.15) is 0 Å². The van der Waals surface area contributed by atoms with E-state index < -0.39 is 0 Å². The van der Waals surface area contributed by atoms with Gasteiger partial charge in [0.15, 0.2) is 0 Å². The summed E-state index contributed by atoms with van der Waals surface area (Å²) >= 11 is 0. The predicted octanol–water partition coefficient (Wildman–Crippen LogP) is 3.50. The van der Waals surface area contributed by atoms with E-state index >= 15 is 0 Å². The molecule has 0 saturated heterocycles. The van der Waals surface area contributed by atoms with Crippen molar-refractivity contribution in [2.45, 2.75) is 27.3 Å². The number of aromatic nitrogens is 3. The lowest BCUT2D eigenvalue weighted by molar-refractivity contribution is 0.102. The predicted molar refractivity (Wildman–Crippen MR) is 94.2 cm³/mol. The normalized spacial score (nSPS) is 10.6. The quantitative estimate of drug-likeness (QED) is 0.800. The first-order valence-electron chi connectivity index (χ1n) is 7.85. The summed E-state index contributed by atoms with van der Waals surface area (Å²) in [5.74, 6) is -0.159. The lowest BCUT2D eigenvalue weighted by atomic mass is 10.1. The standard InChI is InChI=1S/C19H20N4O/c1-13-6-8-16(9-7-13)12-23-15(3)18(14(2)22-23)19(24)21-17-5-4-10-20-11-17/h4-11H,12H2,1-3H3,(H,21,24). The molecule has 122 valence electrons. The zero-order valence-electron chi connectivity index (χ0n) is 14.1. The van der Waals surface area contributed by atoms with E-state index in [1.54, 1.807) is 18.5 Å². The van der Waals surface area contributed by atoms with Crippen LogP contribution in [-0.4, -0.2) is 20.7 Å². The van der Waals surface area contributed by atoms with E-state index in [1.165, 1.54) is 5.56 Å². The van der Waals surface area contributed by atoms with Crippen LogP contribution in [-0.2, 0) is 6.54 Å². The molecule has 3 aromatic rings. The Morgan fingerprint density at radius 1 is 1.12 bits per heavy atom. The molecule has 2 aromatic heterocycles. The van der Waals surface area contributed by atoms with Crippen molar-refractivity contribution in [3.05, 3.63) is 76.9 Å². The molecule has 0 bridgehead atoms. The van der Waals surface area contributed by atoms with E-state index in [0.717, 1.165) is 17.0 Å². The summed E-state index contributed by atoms with van der Waals surface area (Å²) in [6, 6.07) is 11.9. The molecule has 2 heterocycles. The molecule has 1 aromatic carbocycles. The maximum Gasteiger partial charge on any atom is 0.259 e. The van der Waals surface area contributed by atoms with Gasteiger partial charge in [0, 0.05) is 11.9 Å². The number of benzene rings is 1. The van der Waals surface area contributed by atoms with Gasteiger partial charge in [0.2, 0.25) is 0 Å². The largest absolute Gasteiger partial charge is 0.320 e. The number of carbonyl (C=O) groups is 1. The molecule has 5 heteroatoms. The van der Waals surface area contributed by atoms with Gasteiger partial charge in [-0.2, -0.15) is 5.10 Å². The van der Waals surface area contributed by atoms with Crippen molar-refractivity contribution >= 4 is 11.6 Å². The maximum atomic E-state index is 12.6. The molecule has 0 aliphatic rings. The third-order valence-corrected chi connectivity index (χ3v) is 3.98. The van der Waals surface area contributed by atoms with Crippen molar-refractivity contribution in [2.75, 3.05) is 5.32 Å². The van der Waals surface area contributed by atoms with Gasteiger partial charge in [0.25, 0.3) is 5.91 Å². The Labute approximate surface area is 141 Å². The van der Waals surface area contributed by atoms with Crippen LogP contribution in [0.25, 0.3) is 0 Å². The molecule has 0 radical (unpaired) electrons. The molecule has 0 unspecified atom stereocenters. The highest BCUT2D eigenvalue weighted by atomic mass is 16.1. The minimum atomic E-state index is -0.159. The third kappa shape index (κ3) is 3.35. The fourth-order valence-electron chi connectivity index (χ4n) is 2.68. The first-order chi connectivity index (χ1) is 11.5. The smallest absolute Gasteiger partial charge is 0.259 e. The molecule has 3 rings (SSSR count). The Balaban J connectivity index is 1.83. The molecule has 0 aliphatic carbocycles. The molecule has 5 nitrogen and oxygen atoms in total. The van der Waals surface area contributed by atoms with Crippen molar-refractivity contribution in [1.29, 1.82) is 0 Å². The summed E-state index contributed by atoms with van der Waals surface area (Å²) in [6.45, 7) is 6.49. The van der Waals surface area contributed by atoms with Crippen LogP contribution < -0.4 is 5.32 Å². The number of aryl methyl sites for hydroxylation is 2. The molecule has 0 atom stereocenters. The minimum absolute atomic E-state index is 0.159. The fraction of sp³-hybridized carbons (Fsp3) is 0.211. The molecule has 24 heavy (non-hydrogen) atoms. The van der Waals surface area contributed by atoms with Crippen molar-refractivity contribution in [1.82, 2.24) is 14.8 Å². The molecule has 0 fully saturated rings. The molecule has 1 N–H and O–H groups in total. The summed E-state index contributed by atoms with van der Waals surface area (Å²) < 4.78 is 1.87. The lowest BCUT2D eigenvalue weighted by Gasteiger charge is -2.07. The van der Waals surface area contributed by atoms with Gasteiger partial charge in [-0.25, -0.2) is 0 Å². The number of hydrogen-bond acceptors (Lipinski definition) is 3. The Morgan fingerprint density at radius 2 is 1.88 bits per heavy atom. The van der Waals surface area contributed by atoms with Gasteiger partial charge in [-0.3, -0.25) is 14.5 Å². The second-order valence-electron chi connectivity index (χ2n) is 5.88. The second kappa shape index (κ2) is 6.66. The van der Waals surface area contributed by atoms with E-state index in [1.807, 2.05) is 24.6 Å². The molecular weight excluding hydrogens is 300 g/mol. The Morgan fingerprint density at radius 3 is 2.54 bits per heavy atom. The van der Waals surface area contributed by atoms with E-state index in [9.17, 15) is 4.79 Å². The molecule has 1 amide bonds. The second-order valence-corrected chi connectivity index (χ2v) is 5.88. The van der Waals surface area contributed by atoms with Crippen LogP contribution >= 0.6 is 0 Å². The number of nitrogens with zero attached hydrogens (tertiary/aromatic N) is 3. The van der Waals surface area contributed by atoms with Crippen LogP contribution in [0, 0.1) is 20.8 Å². The summed E-state index contributed by atoms with van der Waals surface area (Å²) in [7, 11) is 0. The van der Waals surface area contributed by atoms with Crippen LogP contribution in [0.4, 0.5) is 5.69 Å². The zero-order valence-corrected chi connectivity index (χ0v) is 14.1. The number of hydrogen-bond donors (Lipinski definition) is 1. The average Bonchev–Trinajstić information content (AvgIpc) is 2.84. The molecule has 0 saturated carbocycles. The SMILES string of the molecule is Cc1ccc(Cn2nc(C)c(C(=O)Nc3cccnc3)c2C)cc1. The van der Waals surface area contributed by atoms with E-state index in [4.69, 9.17) is 0 Å². The van der Waals surface area contributed by atoms with Crippen molar-refractivity contribution in [3.63, 3.8) is 0 Å².